The Bertz CT molecular complexity index is 590. The predicted molar refractivity (Wildman–Crippen MR) is 65.0 cm³/mol. The lowest BCUT2D eigenvalue weighted by molar-refractivity contribution is -0.119. The van der Waals surface area contributed by atoms with Gasteiger partial charge in [0.15, 0.2) is 5.82 Å². The molecule has 1 atom stereocenters. The number of tetrazole rings is 1. The molecule has 1 aliphatic carbocycles. The molecule has 5 nitrogen and oxygen atoms in total. The first kappa shape index (κ1) is 11.1. The minimum atomic E-state index is 0.00464. The van der Waals surface area contributed by atoms with Crippen LogP contribution >= 0.6 is 0 Å². The van der Waals surface area contributed by atoms with Gasteiger partial charge < -0.3 is 0 Å². The molecule has 0 radical (unpaired) electrons. The topological polar surface area (TPSA) is 60.7 Å². The maximum absolute atomic E-state index is 12.3. The van der Waals surface area contributed by atoms with Gasteiger partial charge in [-0.15, -0.1) is 10.2 Å². The van der Waals surface area contributed by atoms with Crippen molar-refractivity contribution in [1.82, 2.24) is 20.2 Å². The molecule has 0 fully saturated rings. The molecule has 0 amide bonds. The molecule has 0 N–H and O–H groups in total. The molecule has 18 heavy (non-hydrogen) atoms. The van der Waals surface area contributed by atoms with E-state index in [2.05, 4.69) is 27.5 Å². The Balaban J connectivity index is 1.78. The van der Waals surface area contributed by atoms with Crippen molar-refractivity contribution in [3.63, 3.8) is 0 Å². The highest BCUT2D eigenvalue weighted by Gasteiger charge is 2.28. The largest absolute Gasteiger partial charge is 0.299 e. The summed E-state index contributed by atoms with van der Waals surface area (Å²) in [6.45, 7) is 0. The van der Waals surface area contributed by atoms with Crippen molar-refractivity contribution >= 4 is 5.78 Å². The molecule has 0 saturated heterocycles. The number of hydrogen-bond acceptors (Lipinski definition) is 4. The highest BCUT2D eigenvalue weighted by molar-refractivity contribution is 5.88. The smallest absolute Gasteiger partial charge is 0.182 e. The Labute approximate surface area is 105 Å². The van der Waals surface area contributed by atoms with E-state index in [-0.39, 0.29) is 18.1 Å². The van der Waals surface area contributed by atoms with E-state index in [1.165, 1.54) is 15.9 Å². The average molecular weight is 242 g/mol. The van der Waals surface area contributed by atoms with Crippen LogP contribution in [0.25, 0.3) is 0 Å². The molecular weight excluding hydrogens is 228 g/mol. The molecule has 1 unspecified atom stereocenters. The number of rotatable bonds is 3. The molecular formula is C13H14N4O. The van der Waals surface area contributed by atoms with Crippen LogP contribution in [0.2, 0.25) is 0 Å². The molecule has 1 aromatic heterocycles. The first-order valence-corrected chi connectivity index (χ1v) is 6.07. The molecule has 92 valence electrons. The Morgan fingerprint density at radius 3 is 3.06 bits per heavy atom. The summed E-state index contributed by atoms with van der Waals surface area (Å²) < 4.78 is 0. The Hall–Kier alpha value is -2.04. The molecule has 2 aromatic rings. The van der Waals surface area contributed by atoms with Gasteiger partial charge >= 0.3 is 0 Å². The van der Waals surface area contributed by atoms with Gasteiger partial charge in [-0.25, -0.2) is 0 Å². The van der Waals surface area contributed by atoms with Crippen LogP contribution in [0.15, 0.2) is 24.3 Å². The summed E-state index contributed by atoms with van der Waals surface area (Å²) in [4.78, 5) is 13.6. The monoisotopic (exact) mass is 242 g/mol. The zero-order chi connectivity index (χ0) is 12.5. The van der Waals surface area contributed by atoms with E-state index in [1.807, 2.05) is 12.1 Å². The summed E-state index contributed by atoms with van der Waals surface area (Å²) in [7, 11) is 1.70. The fourth-order valence-corrected chi connectivity index (χ4v) is 2.56. The van der Waals surface area contributed by atoms with Crippen LogP contribution in [0.5, 0.6) is 0 Å². The van der Waals surface area contributed by atoms with Gasteiger partial charge in [-0.3, -0.25) is 4.79 Å². The van der Waals surface area contributed by atoms with Crippen molar-refractivity contribution in [2.45, 2.75) is 25.2 Å². The Morgan fingerprint density at radius 1 is 1.44 bits per heavy atom. The van der Waals surface area contributed by atoms with Crippen LogP contribution in [0, 0.1) is 0 Å². The molecule has 1 aromatic carbocycles. The number of carbonyl (C=O) groups is 1. The van der Waals surface area contributed by atoms with Crippen LogP contribution < -0.4 is 0 Å². The average Bonchev–Trinajstić information content (AvgIpc) is 2.95. The number of carbonyl (C=O) groups excluding carboxylic acids is 1. The van der Waals surface area contributed by atoms with Crippen molar-refractivity contribution in [1.29, 1.82) is 0 Å². The van der Waals surface area contributed by atoms with Gasteiger partial charge in [-0.1, -0.05) is 24.3 Å². The van der Waals surface area contributed by atoms with Gasteiger partial charge in [-0.05, 0) is 29.2 Å². The first-order chi connectivity index (χ1) is 8.74. The summed E-state index contributed by atoms with van der Waals surface area (Å²) in [5.74, 6) is 0.699. The molecule has 0 saturated carbocycles. The zero-order valence-corrected chi connectivity index (χ0v) is 10.2. The van der Waals surface area contributed by atoms with E-state index < -0.39 is 0 Å². The highest BCUT2D eigenvalue weighted by atomic mass is 16.1. The normalized spacial score (nSPS) is 17.7. The lowest BCUT2D eigenvalue weighted by Gasteiger charge is -2.08. The van der Waals surface area contributed by atoms with Crippen molar-refractivity contribution in [2.75, 3.05) is 0 Å². The van der Waals surface area contributed by atoms with Gasteiger partial charge in [0.05, 0.1) is 13.5 Å². The summed E-state index contributed by atoms with van der Waals surface area (Å²) in [6.07, 6.45) is 2.16. The van der Waals surface area contributed by atoms with Crippen LogP contribution in [0.3, 0.4) is 0 Å². The molecule has 0 bridgehead atoms. The second-order valence-corrected chi connectivity index (χ2v) is 4.63. The Morgan fingerprint density at radius 2 is 2.28 bits per heavy atom. The van der Waals surface area contributed by atoms with Crippen molar-refractivity contribution in [3.05, 3.63) is 41.2 Å². The van der Waals surface area contributed by atoms with E-state index in [0.29, 0.717) is 5.82 Å². The second-order valence-electron chi connectivity index (χ2n) is 4.63. The van der Waals surface area contributed by atoms with E-state index in [0.717, 1.165) is 12.8 Å². The molecule has 1 heterocycles. The van der Waals surface area contributed by atoms with Gasteiger partial charge in [0.1, 0.15) is 5.78 Å². The molecule has 3 rings (SSSR count). The van der Waals surface area contributed by atoms with Gasteiger partial charge in [0.2, 0.25) is 0 Å². The summed E-state index contributed by atoms with van der Waals surface area (Å²) in [5, 5.41) is 11.7. The first-order valence-electron chi connectivity index (χ1n) is 6.07. The highest BCUT2D eigenvalue weighted by Crippen LogP contribution is 2.33. The molecule has 0 spiro atoms. The second kappa shape index (κ2) is 4.33. The third-order valence-corrected chi connectivity index (χ3v) is 3.40. The van der Waals surface area contributed by atoms with Crippen LogP contribution in [-0.2, 0) is 24.7 Å². The van der Waals surface area contributed by atoms with Crippen LogP contribution in [0.1, 0.15) is 29.3 Å². The van der Waals surface area contributed by atoms with E-state index >= 15 is 0 Å². The lowest BCUT2D eigenvalue weighted by Crippen LogP contribution is -2.13. The van der Waals surface area contributed by atoms with Crippen molar-refractivity contribution < 1.29 is 4.79 Å². The van der Waals surface area contributed by atoms with E-state index in [1.54, 1.807) is 7.05 Å². The zero-order valence-electron chi connectivity index (χ0n) is 10.2. The maximum Gasteiger partial charge on any atom is 0.182 e. The minimum absolute atomic E-state index is 0.00464. The number of nitrogens with zero attached hydrogens (tertiary/aromatic N) is 4. The SMILES string of the molecule is Cn1nnc(CC(=O)C2CCc3ccccc32)n1. The quantitative estimate of drug-likeness (QED) is 0.807. The summed E-state index contributed by atoms with van der Waals surface area (Å²) in [6, 6.07) is 8.17. The number of aromatic nitrogens is 4. The van der Waals surface area contributed by atoms with Gasteiger partial charge in [-0.2, -0.15) is 4.80 Å². The maximum atomic E-state index is 12.3. The minimum Gasteiger partial charge on any atom is -0.299 e. The van der Waals surface area contributed by atoms with Crippen molar-refractivity contribution in [2.24, 2.45) is 7.05 Å². The van der Waals surface area contributed by atoms with Crippen molar-refractivity contribution in [3.8, 4) is 0 Å². The van der Waals surface area contributed by atoms with Crippen LogP contribution in [-0.4, -0.2) is 26.0 Å². The third kappa shape index (κ3) is 1.92. The van der Waals surface area contributed by atoms with Crippen LogP contribution in [0.4, 0.5) is 0 Å². The molecule has 5 heteroatoms. The third-order valence-electron chi connectivity index (χ3n) is 3.40. The molecule has 0 aliphatic heterocycles. The fraction of sp³-hybridized carbons (Fsp3) is 0.385. The standard InChI is InChI=1S/C13H14N4O/c1-17-15-13(14-16-17)8-12(18)11-7-6-9-4-2-3-5-10(9)11/h2-5,11H,6-8H2,1H3. The molecule has 1 aliphatic rings. The number of Topliss-reactive ketones (excluding diaryl/α,β-unsaturated/α-hetero) is 1. The Kier molecular flexibility index (Phi) is 2.66. The predicted octanol–water partition coefficient (Wildman–Crippen LogP) is 1.05. The van der Waals surface area contributed by atoms with Gasteiger partial charge in [0.25, 0.3) is 0 Å². The summed E-state index contributed by atoms with van der Waals surface area (Å²) in [5.41, 5.74) is 2.47. The number of fused-ring (bicyclic) bond motifs is 1. The number of benzene rings is 1. The number of ketones is 1. The number of aryl methyl sites for hydroxylation is 2. The van der Waals surface area contributed by atoms with E-state index in [9.17, 15) is 4.79 Å². The number of hydrogen-bond donors (Lipinski definition) is 0. The van der Waals surface area contributed by atoms with E-state index in [4.69, 9.17) is 0 Å². The fourth-order valence-electron chi connectivity index (χ4n) is 2.56. The lowest BCUT2D eigenvalue weighted by atomic mass is 9.95. The van der Waals surface area contributed by atoms with Gasteiger partial charge in [0, 0.05) is 5.92 Å². The summed E-state index contributed by atoms with van der Waals surface area (Å²) >= 11 is 0.